The minimum Gasteiger partial charge on any atom is -0.389 e. The first-order chi connectivity index (χ1) is 19.1. The second kappa shape index (κ2) is 11.0. The summed E-state index contributed by atoms with van der Waals surface area (Å²) in [6.07, 6.45) is 4.44. The van der Waals surface area contributed by atoms with Gasteiger partial charge in [-0.3, -0.25) is 9.69 Å². The summed E-state index contributed by atoms with van der Waals surface area (Å²) >= 11 is 0. The predicted molar refractivity (Wildman–Crippen MR) is 152 cm³/mol. The van der Waals surface area contributed by atoms with Crippen LogP contribution >= 0.6 is 0 Å². The molecule has 3 heterocycles. The summed E-state index contributed by atoms with van der Waals surface area (Å²) < 4.78 is 32.0. The van der Waals surface area contributed by atoms with Gasteiger partial charge in [-0.25, -0.2) is 18.4 Å². The smallest absolute Gasteiger partial charge is 0.247 e. The topological polar surface area (TPSA) is 98.5 Å². The number of aromatic nitrogens is 3. The molecule has 1 fully saturated rings. The monoisotopic (exact) mass is 547 g/mol. The number of piperazine rings is 1. The molecule has 0 unspecified atom stereocenters. The van der Waals surface area contributed by atoms with Gasteiger partial charge in [0.15, 0.2) is 11.6 Å². The van der Waals surface area contributed by atoms with E-state index in [0.717, 1.165) is 5.39 Å². The van der Waals surface area contributed by atoms with Gasteiger partial charge in [0, 0.05) is 56.1 Å². The summed E-state index contributed by atoms with van der Waals surface area (Å²) in [4.78, 5) is 20.0. The van der Waals surface area contributed by atoms with Gasteiger partial charge in [-0.15, -0.1) is 0 Å². The molecule has 0 saturated carbocycles. The molecule has 0 spiro atoms. The minimum absolute atomic E-state index is 0.0334. The van der Waals surface area contributed by atoms with Crippen LogP contribution in [0.2, 0.25) is 0 Å². The highest BCUT2D eigenvalue weighted by Crippen LogP contribution is 2.30. The van der Waals surface area contributed by atoms with Crippen molar-refractivity contribution in [2.24, 2.45) is 0 Å². The van der Waals surface area contributed by atoms with E-state index in [0.29, 0.717) is 55.4 Å². The van der Waals surface area contributed by atoms with E-state index in [1.165, 1.54) is 12.1 Å². The van der Waals surface area contributed by atoms with Gasteiger partial charge in [0.2, 0.25) is 5.91 Å². The normalized spacial score (nSPS) is 14.4. The maximum Gasteiger partial charge on any atom is 0.247 e. The first kappa shape index (κ1) is 27.2. The Balaban J connectivity index is 1.34. The fourth-order valence-electron chi connectivity index (χ4n) is 4.82. The molecular weight excluding hydrogens is 516 g/mol. The number of fused-ring (bicyclic) bond motifs is 1. The molecule has 0 aliphatic carbocycles. The third-order valence-corrected chi connectivity index (χ3v) is 6.64. The summed E-state index contributed by atoms with van der Waals surface area (Å²) in [5, 5.41) is 20.8. The quantitative estimate of drug-likeness (QED) is 0.280. The van der Waals surface area contributed by atoms with E-state index >= 15 is 8.78 Å². The number of carbonyl (C=O) groups excluding carboxylic acids is 1. The highest BCUT2D eigenvalue weighted by molar-refractivity contribution is 5.99. The standard InChI is InChI=1S/C29H31F2N7O2/c1-4-26(39)34-20-6-5-7-21(14-20)38-24-15-25(32-16-19(24)17-33-38)35-22-8-9-23(28(31)27(22)30)37-12-10-36(11-13-37)18-29(2,3)40/h4-9,14-17,40H,1,10-13,18H2,2-3H3,(H,32,35)(H,34,39). The minimum atomic E-state index is -0.988. The largest absolute Gasteiger partial charge is 0.389 e. The summed E-state index contributed by atoms with van der Waals surface area (Å²) in [5.41, 5.74) is 1.32. The molecule has 0 atom stereocenters. The maximum atomic E-state index is 15.2. The lowest BCUT2D eigenvalue weighted by Crippen LogP contribution is -2.50. The van der Waals surface area contributed by atoms with E-state index in [1.807, 2.05) is 11.0 Å². The van der Waals surface area contributed by atoms with Crippen LogP contribution in [0.1, 0.15) is 13.8 Å². The number of benzene rings is 2. The van der Waals surface area contributed by atoms with Crippen LogP contribution in [0.3, 0.4) is 0 Å². The van der Waals surface area contributed by atoms with E-state index in [9.17, 15) is 9.90 Å². The SMILES string of the molecule is C=CC(=O)Nc1cccc(-n2ncc3cnc(Nc4ccc(N5CCN(CC(C)(C)O)CC5)c(F)c4F)cc32)c1. The van der Waals surface area contributed by atoms with Crippen molar-refractivity contribution in [1.29, 1.82) is 0 Å². The summed E-state index contributed by atoms with van der Waals surface area (Å²) in [6.45, 7) is 9.84. The van der Waals surface area contributed by atoms with E-state index in [-0.39, 0.29) is 17.3 Å². The van der Waals surface area contributed by atoms with Crippen LogP contribution < -0.4 is 15.5 Å². The molecule has 2 aromatic heterocycles. The van der Waals surface area contributed by atoms with Gasteiger partial charge >= 0.3 is 0 Å². The van der Waals surface area contributed by atoms with Crippen LogP contribution in [0.4, 0.5) is 31.7 Å². The summed E-state index contributed by atoms with van der Waals surface area (Å²) in [5.74, 6) is -1.92. The van der Waals surface area contributed by atoms with E-state index in [4.69, 9.17) is 0 Å². The number of hydrogen-bond acceptors (Lipinski definition) is 7. The van der Waals surface area contributed by atoms with Crippen LogP contribution in [0.25, 0.3) is 16.6 Å². The van der Waals surface area contributed by atoms with Crippen molar-refractivity contribution in [2.45, 2.75) is 19.4 Å². The maximum absolute atomic E-state index is 15.2. The predicted octanol–water partition coefficient (Wildman–Crippen LogP) is 4.46. The number of halogens is 2. The van der Waals surface area contributed by atoms with Crippen LogP contribution in [-0.4, -0.2) is 69.0 Å². The fourth-order valence-corrected chi connectivity index (χ4v) is 4.82. The zero-order chi connectivity index (χ0) is 28.4. The van der Waals surface area contributed by atoms with Crippen LogP contribution in [0, 0.1) is 11.6 Å². The number of nitrogens with one attached hydrogen (secondary N) is 2. The Morgan fingerprint density at radius 2 is 1.88 bits per heavy atom. The molecule has 1 aliphatic heterocycles. The second-order valence-electron chi connectivity index (χ2n) is 10.4. The van der Waals surface area contributed by atoms with Gasteiger partial charge in [0.1, 0.15) is 5.82 Å². The van der Waals surface area contributed by atoms with Crippen molar-refractivity contribution >= 4 is 39.7 Å². The van der Waals surface area contributed by atoms with Gasteiger partial charge in [-0.05, 0) is 50.3 Å². The lowest BCUT2D eigenvalue weighted by molar-refractivity contribution is -0.111. The second-order valence-corrected chi connectivity index (χ2v) is 10.4. The molecule has 208 valence electrons. The lowest BCUT2D eigenvalue weighted by Gasteiger charge is -2.38. The van der Waals surface area contributed by atoms with Gasteiger partial charge in [-0.2, -0.15) is 5.10 Å². The van der Waals surface area contributed by atoms with Gasteiger partial charge in [0.25, 0.3) is 0 Å². The van der Waals surface area contributed by atoms with Gasteiger partial charge in [0.05, 0.1) is 34.4 Å². The zero-order valence-electron chi connectivity index (χ0n) is 22.4. The third kappa shape index (κ3) is 5.95. The number of rotatable bonds is 8. The first-order valence-electron chi connectivity index (χ1n) is 12.9. The molecular formula is C29H31F2N7O2. The first-order valence-corrected chi connectivity index (χ1v) is 12.9. The van der Waals surface area contributed by atoms with Crippen molar-refractivity contribution in [1.82, 2.24) is 19.7 Å². The summed E-state index contributed by atoms with van der Waals surface area (Å²) in [7, 11) is 0. The number of carbonyl (C=O) groups is 1. The number of anilines is 4. The van der Waals surface area contributed by atoms with E-state index < -0.39 is 17.2 Å². The number of β-amino-alcohol motifs (C(OH)–C–C–N with tert-alkyl or cyclic N) is 1. The molecule has 0 radical (unpaired) electrons. The molecule has 1 amide bonds. The Bertz CT molecular complexity index is 1560. The van der Waals surface area contributed by atoms with Gasteiger partial charge in [-0.1, -0.05) is 12.6 Å². The number of hydrogen-bond donors (Lipinski definition) is 3. The van der Waals surface area contributed by atoms with Crippen molar-refractivity contribution in [3.63, 3.8) is 0 Å². The number of aliphatic hydroxyl groups is 1. The van der Waals surface area contributed by atoms with E-state index in [2.05, 4.69) is 32.2 Å². The Hall–Kier alpha value is -4.35. The van der Waals surface area contributed by atoms with Crippen LogP contribution in [0.15, 0.2) is 67.5 Å². The molecule has 0 bridgehead atoms. The number of amides is 1. The Morgan fingerprint density at radius 3 is 2.60 bits per heavy atom. The Labute approximate surface area is 230 Å². The van der Waals surface area contributed by atoms with Crippen molar-refractivity contribution in [3.8, 4) is 5.69 Å². The van der Waals surface area contributed by atoms with Crippen LogP contribution in [-0.2, 0) is 4.79 Å². The average Bonchev–Trinajstić information content (AvgIpc) is 3.35. The molecule has 3 N–H and O–H groups in total. The van der Waals surface area contributed by atoms with Crippen molar-refractivity contribution in [3.05, 3.63) is 79.1 Å². The highest BCUT2D eigenvalue weighted by atomic mass is 19.2. The zero-order valence-corrected chi connectivity index (χ0v) is 22.4. The Morgan fingerprint density at radius 1 is 1.10 bits per heavy atom. The number of pyridine rings is 1. The average molecular weight is 548 g/mol. The molecule has 40 heavy (non-hydrogen) atoms. The molecule has 9 nitrogen and oxygen atoms in total. The fraction of sp³-hybridized carbons (Fsp3) is 0.276. The molecule has 4 aromatic rings. The lowest BCUT2D eigenvalue weighted by atomic mass is 10.1. The van der Waals surface area contributed by atoms with Crippen molar-refractivity contribution in [2.75, 3.05) is 48.3 Å². The number of nitrogens with zero attached hydrogens (tertiary/aromatic N) is 5. The Kier molecular flexibility index (Phi) is 7.51. The van der Waals surface area contributed by atoms with Gasteiger partial charge < -0.3 is 20.6 Å². The highest BCUT2D eigenvalue weighted by Gasteiger charge is 2.25. The molecule has 5 rings (SSSR count). The van der Waals surface area contributed by atoms with Crippen LogP contribution in [0.5, 0.6) is 0 Å². The van der Waals surface area contributed by atoms with E-state index in [1.54, 1.807) is 61.3 Å². The third-order valence-electron chi connectivity index (χ3n) is 6.64. The molecule has 1 aliphatic rings. The molecule has 11 heteroatoms. The molecule has 2 aromatic carbocycles. The summed E-state index contributed by atoms with van der Waals surface area (Å²) in [6, 6.07) is 11.9. The van der Waals surface area contributed by atoms with Crippen molar-refractivity contribution < 1.29 is 18.7 Å². The molecule has 1 saturated heterocycles.